The van der Waals surface area contributed by atoms with Crippen molar-refractivity contribution in [2.24, 2.45) is 5.73 Å². The molecule has 0 aliphatic heterocycles. The van der Waals surface area contributed by atoms with E-state index in [2.05, 4.69) is 0 Å². The number of hydrogen-bond donors (Lipinski definition) is 2. The summed E-state index contributed by atoms with van der Waals surface area (Å²) in [6.07, 6.45) is 0. The Morgan fingerprint density at radius 3 is 2.63 bits per heavy atom. The van der Waals surface area contributed by atoms with Crippen molar-refractivity contribution in [1.29, 1.82) is 5.41 Å². The summed E-state index contributed by atoms with van der Waals surface area (Å²) >= 11 is 0. The lowest BCUT2D eigenvalue weighted by Crippen LogP contribution is -2.18. The third-order valence-corrected chi connectivity index (χ3v) is 2.92. The Hall–Kier alpha value is -2.36. The molecule has 2 aromatic rings. The average Bonchev–Trinajstić information content (AvgIpc) is 2.39. The minimum absolute atomic E-state index is 0.0374. The van der Waals surface area contributed by atoms with Crippen molar-refractivity contribution in [1.82, 2.24) is 0 Å². The SMILES string of the molecule is CN(Cc1cccc(C(=N)N)c1)c1ccccc1F. The highest BCUT2D eigenvalue weighted by molar-refractivity contribution is 5.95. The summed E-state index contributed by atoms with van der Waals surface area (Å²) in [5, 5.41) is 7.42. The Bertz CT molecular complexity index is 595. The van der Waals surface area contributed by atoms with Gasteiger partial charge in [0, 0.05) is 19.2 Å². The van der Waals surface area contributed by atoms with Gasteiger partial charge in [-0.2, -0.15) is 0 Å². The predicted octanol–water partition coefficient (Wildman–Crippen LogP) is 2.75. The number of amidine groups is 1. The van der Waals surface area contributed by atoms with Crippen LogP contribution >= 0.6 is 0 Å². The van der Waals surface area contributed by atoms with Crippen LogP contribution < -0.4 is 10.6 Å². The van der Waals surface area contributed by atoms with Gasteiger partial charge in [-0.05, 0) is 23.8 Å². The summed E-state index contributed by atoms with van der Waals surface area (Å²) in [5.74, 6) is -0.205. The van der Waals surface area contributed by atoms with Crippen LogP contribution in [0.2, 0.25) is 0 Å². The second-order valence-electron chi connectivity index (χ2n) is 4.42. The zero-order chi connectivity index (χ0) is 13.8. The van der Waals surface area contributed by atoms with Crippen molar-refractivity contribution >= 4 is 11.5 Å². The Morgan fingerprint density at radius 1 is 1.21 bits per heavy atom. The number of nitrogen functional groups attached to an aromatic ring is 1. The minimum Gasteiger partial charge on any atom is -0.384 e. The lowest BCUT2D eigenvalue weighted by Gasteiger charge is -2.20. The summed E-state index contributed by atoms with van der Waals surface area (Å²) in [5.41, 5.74) is 7.67. The van der Waals surface area contributed by atoms with E-state index in [0.717, 1.165) is 5.56 Å². The van der Waals surface area contributed by atoms with Gasteiger partial charge in [0.1, 0.15) is 11.7 Å². The van der Waals surface area contributed by atoms with E-state index in [1.165, 1.54) is 6.07 Å². The predicted molar refractivity (Wildman–Crippen MR) is 76.0 cm³/mol. The molecule has 0 heterocycles. The summed E-state index contributed by atoms with van der Waals surface area (Å²) in [7, 11) is 1.83. The molecule has 0 aromatic heterocycles. The van der Waals surface area contributed by atoms with Gasteiger partial charge in [0.2, 0.25) is 0 Å². The number of nitrogens with zero attached hydrogens (tertiary/aromatic N) is 1. The van der Waals surface area contributed by atoms with E-state index in [4.69, 9.17) is 11.1 Å². The molecule has 0 spiro atoms. The highest BCUT2D eigenvalue weighted by Gasteiger charge is 2.07. The highest BCUT2D eigenvalue weighted by atomic mass is 19.1. The van der Waals surface area contributed by atoms with Gasteiger partial charge in [0.25, 0.3) is 0 Å². The number of halogens is 1. The number of hydrogen-bond acceptors (Lipinski definition) is 2. The molecule has 0 fully saturated rings. The first kappa shape index (κ1) is 13.1. The van der Waals surface area contributed by atoms with Crippen LogP contribution in [-0.4, -0.2) is 12.9 Å². The van der Waals surface area contributed by atoms with Crippen molar-refractivity contribution in [3.8, 4) is 0 Å². The van der Waals surface area contributed by atoms with Crippen molar-refractivity contribution in [3.05, 3.63) is 65.5 Å². The standard InChI is InChI=1S/C15H16FN3/c1-19(14-8-3-2-7-13(14)16)10-11-5-4-6-12(9-11)15(17)18/h2-9H,10H2,1H3,(H3,17,18). The molecule has 2 rings (SSSR count). The molecule has 0 radical (unpaired) electrons. The van der Waals surface area contributed by atoms with Gasteiger partial charge in [-0.25, -0.2) is 4.39 Å². The molecule has 0 atom stereocenters. The second kappa shape index (κ2) is 5.52. The Morgan fingerprint density at radius 2 is 1.95 bits per heavy atom. The Kier molecular flexibility index (Phi) is 3.80. The molecular formula is C15H16FN3. The molecule has 0 aliphatic rings. The maximum absolute atomic E-state index is 13.7. The third-order valence-electron chi connectivity index (χ3n) is 2.92. The molecule has 0 saturated carbocycles. The Labute approximate surface area is 112 Å². The van der Waals surface area contributed by atoms with Gasteiger partial charge in [-0.15, -0.1) is 0 Å². The van der Waals surface area contributed by atoms with E-state index in [-0.39, 0.29) is 11.7 Å². The molecular weight excluding hydrogens is 241 g/mol. The monoisotopic (exact) mass is 257 g/mol. The van der Waals surface area contributed by atoms with Crippen LogP contribution in [0.1, 0.15) is 11.1 Å². The molecule has 0 saturated heterocycles. The van der Waals surface area contributed by atoms with E-state index in [1.54, 1.807) is 24.3 Å². The molecule has 0 amide bonds. The molecule has 0 aliphatic carbocycles. The van der Waals surface area contributed by atoms with E-state index in [9.17, 15) is 4.39 Å². The maximum atomic E-state index is 13.7. The number of para-hydroxylation sites is 1. The number of rotatable bonds is 4. The van der Waals surface area contributed by atoms with E-state index in [1.807, 2.05) is 30.1 Å². The van der Waals surface area contributed by atoms with Crippen molar-refractivity contribution in [3.63, 3.8) is 0 Å². The lowest BCUT2D eigenvalue weighted by atomic mass is 10.1. The lowest BCUT2D eigenvalue weighted by molar-refractivity contribution is 0.622. The van der Waals surface area contributed by atoms with Gasteiger partial charge in [-0.3, -0.25) is 5.41 Å². The van der Waals surface area contributed by atoms with Gasteiger partial charge in [0.15, 0.2) is 0 Å². The van der Waals surface area contributed by atoms with E-state index < -0.39 is 0 Å². The van der Waals surface area contributed by atoms with Gasteiger partial charge >= 0.3 is 0 Å². The fraction of sp³-hybridized carbons (Fsp3) is 0.133. The van der Waals surface area contributed by atoms with Gasteiger partial charge in [-0.1, -0.05) is 30.3 Å². The molecule has 19 heavy (non-hydrogen) atoms. The normalized spacial score (nSPS) is 10.2. The fourth-order valence-electron chi connectivity index (χ4n) is 1.96. The number of benzene rings is 2. The summed E-state index contributed by atoms with van der Waals surface area (Å²) in [6.45, 7) is 0.558. The van der Waals surface area contributed by atoms with Crippen LogP contribution in [0, 0.1) is 11.2 Å². The van der Waals surface area contributed by atoms with Crippen LogP contribution in [0.15, 0.2) is 48.5 Å². The third kappa shape index (κ3) is 3.10. The summed E-state index contributed by atoms with van der Waals surface area (Å²) < 4.78 is 13.7. The van der Waals surface area contributed by atoms with Gasteiger partial charge in [0.05, 0.1) is 5.69 Å². The van der Waals surface area contributed by atoms with Crippen molar-refractivity contribution in [2.75, 3.05) is 11.9 Å². The van der Waals surface area contributed by atoms with Crippen LogP contribution in [0.4, 0.5) is 10.1 Å². The number of nitrogens with one attached hydrogen (secondary N) is 1. The van der Waals surface area contributed by atoms with E-state index >= 15 is 0 Å². The molecule has 3 nitrogen and oxygen atoms in total. The molecule has 0 bridgehead atoms. The van der Waals surface area contributed by atoms with Crippen LogP contribution in [-0.2, 0) is 6.54 Å². The van der Waals surface area contributed by atoms with Gasteiger partial charge < -0.3 is 10.6 Å². The van der Waals surface area contributed by atoms with E-state index in [0.29, 0.717) is 17.8 Å². The fourth-order valence-corrected chi connectivity index (χ4v) is 1.96. The van der Waals surface area contributed by atoms with Crippen molar-refractivity contribution in [2.45, 2.75) is 6.54 Å². The van der Waals surface area contributed by atoms with Crippen molar-refractivity contribution < 1.29 is 4.39 Å². The first-order valence-corrected chi connectivity index (χ1v) is 5.97. The maximum Gasteiger partial charge on any atom is 0.146 e. The smallest absolute Gasteiger partial charge is 0.146 e. The first-order chi connectivity index (χ1) is 9.08. The first-order valence-electron chi connectivity index (χ1n) is 5.97. The average molecular weight is 257 g/mol. The quantitative estimate of drug-likeness (QED) is 0.653. The van der Waals surface area contributed by atoms with Crippen LogP contribution in [0.5, 0.6) is 0 Å². The molecule has 98 valence electrons. The highest BCUT2D eigenvalue weighted by Crippen LogP contribution is 2.19. The van der Waals surface area contributed by atoms with Crippen LogP contribution in [0.3, 0.4) is 0 Å². The molecule has 2 aromatic carbocycles. The topological polar surface area (TPSA) is 53.1 Å². The molecule has 3 N–H and O–H groups in total. The zero-order valence-electron chi connectivity index (χ0n) is 10.7. The second-order valence-corrected chi connectivity index (χ2v) is 4.42. The minimum atomic E-state index is -0.243. The van der Waals surface area contributed by atoms with Crippen LogP contribution in [0.25, 0.3) is 0 Å². The molecule has 0 unspecified atom stereocenters. The number of nitrogens with two attached hydrogens (primary N) is 1. The zero-order valence-corrected chi connectivity index (χ0v) is 10.7. The number of anilines is 1. The Balaban J connectivity index is 2.19. The largest absolute Gasteiger partial charge is 0.384 e. The molecule has 4 heteroatoms. The summed E-state index contributed by atoms with van der Waals surface area (Å²) in [4.78, 5) is 1.83. The summed E-state index contributed by atoms with van der Waals surface area (Å²) in [6, 6.07) is 14.1.